The molecule has 0 saturated carbocycles. The number of hydrogen-bond acceptors (Lipinski definition) is 2. The van der Waals surface area contributed by atoms with Crippen LogP contribution in [0.25, 0.3) is 0 Å². The van der Waals surface area contributed by atoms with Crippen molar-refractivity contribution in [3.63, 3.8) is 0 Å². The minimum absolute atomic E-state index is 0.175. The van der Waals surface area contributed by atoms with Crippen molar-refractivity contribution in [1.82, 2.24) is 14.7 Å². The lowest BCUT2D eigenvalue weighted by Crippen LogP contribution is -2.34. The predicted molar refractivity (Wildman–Crippen MR) is 81.8 cm³/mol. The van der Waals surface area contributed by atoms with E-state index in [1.54, 1.807) is 10.9 Å². The zero-order valence-electron chi connectivity index (χ0n) is 12.4. The van der Waals surface area contributed by atoms with E-state index in [2.05, 4.69) is 29.4 Å². The van der Waals surface area contributed by atoms with Crippen LogP contribution in [0, 0.1) is 5.92 Å². The molecule has 3 rings (SSSR count). The van der Waals surface area contributed by atoms with E-state index in [0.29, 0.717) is 5.92 Å². The number of amides is 1. The van der Waals surface area contributed by atoms with E-state index in [-0.39, 0.29) is 11.9 Å². The Morgan fingerprint density at radius 2 is 2.14 bits per heavy atom. The second kappa shape index (κ2) is 6.12. The van der Waals surface area contributed by atoms with Crippen LogP contribution in [0.1, 0.15) is 24.9 Å². The van der Waals surface area contributed by atoms with Crippen molar-refractivity contribution in [2.45, 2.75) is 25.8 Å². The molecule has 21 heavy (non-hydrogen) atoms. The third kappa shape index (κ3) is 3.15. The zero-order chi connectivity index (χ0) is 14.7. The van der Waals surface area contributed by atoms with Crippen molar-refractivity contribution in [3.8, 4) is 0 Å². The first-order valence-corrected chi connectivity index (χ1v) is 7.56. The Labute approximate surface area is 125 Å². The maximum atomic E-state index is 12.5. The van der Waals surface area contributed by atoms with Crippen LogP contribution >= 0.6 is 0 Å². The molecule has 110 valence electrons. The van der Waals surface area contributed by atoms with E-state index < -0.39 is 0 Å². The molecule has 0 N–H and O–H groups in total. The van der Waals surface area contributed by atoms with Gasteiger partial charge in [-0.05, 0) is 37.3 Å². The molecule has 4 nitrogen and oxygen atoms in total. The fourth-order valence-corrected chi connectivity index (χ4v) is 3.03. The highest BCUT2D eigenvalue weighted by Crippen LogP contribution is 2.23. The molecule has 2 atom stereocenters. The highest BCUT2D eigenvalue weighted by atomic mass is 16.2. The van der Waals surface area contributed by atoms with Gasteiger partial charge in [-0.2, -0.15) is 5.10 Å². The highest BCUT2D eigenvalue weighted by Gasteiger charge is 2.29. The lowest BCUT2D eigenvalue weighted by atomic mass is 9.99. The summed E-state index contributed by atoms with van der Waals surface area (Å²) in [6.07, 6.45) is 5.71. The molecule has 1 saturated heterocycles. The van der Waals surface area contributed by atoms with Crippen molar-refractivity contribution in [1.29, 1.82) is 0 Å². The molecule has 1 aliphatic heterocycles. The molecule has 1 aromatic carbocycles. The first-order chi connectivity index (χ1) is 10.2. The molecule has 1 amide bonds. The molecule has 2 aromatic rings. The van der Waals surface area contributed by atoms with Crippen LogP contribution in [0.5, 0.6) is 0 Å². The number of nitrogens with zero attached hydrogens (tertiary/aromatic N) is 3. The van der Waals surface area contributed by atoms with Gasteiger partial charge in [0, 0.05) is 25.5 Å². The largest absolute Gasteiger partial charge is 0.341 e. The first kappa shape index (κ1) is 13.9. The van der Waals surface area contributed by atoms with Gasteiger partial charge < -0.3 is 4.90 Å². The Morgan fingerprint density at radius 1 is 1.33 bits per heavy atom. The van der Waals surface area contributed by atoms with E-state index >= 15 is 0 Å². The summed E-state index contributed by atoms with van der Waals surface area (Å²) in [6.45, 7) is 3.64. The molecule has 1 aliphatic rings. The Morgan fingerprint density at radius 3 is 2.86 bits per heavy atom. The first-order valence-electron chi connectivity index (χ1n) is 7.56. The van der Waals surface area contributed by atoms with Crippen LogP contribution in [-0.4, -0.2) is 33.7 Å². The van der Waals surface area contributed by atoms with Crippen LogP contribution < -0.4 is 0 Å². The Balaban J connectivity index is 1.58. The number of carbonyl (C=O) groups excluding carboxylic acids is 1. The monoisotopic (exact) mass is 283 g/mol. The smallest absolute Gasteiger partial charge is 0.247 e. The Bertz CT molecular complexity index is 579. The maximum Gasteiger partial charge on any atom is 0.247 e. The molecule has 0 spiro atoms. The van der Waals surface area contributed by atoms with E-state index in [9.17, 15) is 4.79 Å². The normalized spacial score (nSPS) is 19.7. The van der Waals surface area contributed by atoms with Crippen LogP contribution in [0.4, 0.5) is 0 Å². The van der Waals surface area contributed by atoms with Gasteiger partial charge in [-0.25, -0.2) is 0 Å². The van der Waals surface area contributed by atoms with Gasteiger partial charge in [0.25, 0.3) is 0 Å². The van der Waals surface area contributed by atoms with Crippen molar-refractivity contribution >= 4 is 5.91 Å². The lowest BCUT2D eigenvalue weighted by Gasteiger charge is -2.21. The standard InChI is InChI=1S/C17H21N3O/c1-14(20-10-5-9-18-20)17(21)19-11-8-16(13-19)12-15-6-3-2-4-7-15/h2-7,9-10,14,16H,8,11-13H2,1H3/t14-,16-/m0/s1. The van der Waals surface area contributed by atoms with Gasteiger partial charge in [-0.15, -0.1) is 0 Å². The van der Waals surface area contributed by atoms with Crippen LogP contribution in [0.3, 0.4) is 0 Å². The third-order valence-corrected chi connectivity index (χ3v) is 4.24. The van der Waals surface area contributed by atoms with Crippen molar-refractivity contribution in [2.24, 2.45) is 5.92 Å². The van der Waals surface area contributed by atoms with E-state index in [4.69, 9.17) is 0 Å². The second-order valence-electron chi connectivity index (χ2n) is 5.79. The molecule has 1 aromatic heterocycles. The van der Waals surface area contributed by atoms with Gasteiger partial charge in [-0.1, -0.05) is 30.3 Å². The summed E-state index contributed by atoms with van der Waals surface area (Å²) >= 11 is 0. The van der Waals surface area contributed by atoms with Gasteiger partial charge in [0.15, 0.2) is 0 Å². The third-order valence-electron chi connectivity index (χ3n) is 4.24. The number of likely N-dealkylation sites (tertiary alicyclic amines) is 1. The van der Waals surface area contributed by atoms with Crippen LogP contribution in [-0.2, 0) is 11.2 Å². The molecule has 0 radical (unpaired) electrons. The molecular weight excluding hydrogens is 262 g/mol. The quantitative estimate of drug-likeness (QED) is 0.865. The molecule has 1 fully saturated rings. The van der Waals surface area contributed by atoms with E-state index in [1.807, 2.05) is 30.2 Å². The van der Waals surface area contributed by atoms with Gasteiger partial charge >= 0.3 is 0 Å². The van der Waals surface area contributed by atoms with Crippen molar-refractivity contribution in [3.05, 3.63) is 54.4 Å². The summed E-state index contributed by atoms with van der Waals surface area (Å²) in [4.78, 5) is 14.5. The molecule has 4 heteroatoms. The maximum absolute atomic E-state index is 12.5. The summed E-state index contributed by atoms with van der Waals surface area (Å²) in [6, 6.07) is 12.2. The van der Waals surface area contributed by atoms with E-state index in [0.717, 1.165) is 25.9 Å². The molecule has 2 heterocycles. The van der Waals surface area contributed by atoms with Gasteiger partial charge in [0.05, 0.1) is 0 Å². The van der Waals surface area contributed by atoms with Gasteiger partial charge in [0.1, 0.15) is 6.04 Å². The van der Waals surface area contributed by atoms with Gasteiger partial charge in [-0.3, -0.25) is 9.48 Å². The fraction of sp³-hybridized carbons (Fsp3) is 0.412. The molecule has 0 unspecified atom stereocenters. The lowest BCUT2D eigenvalue weighted by molar-refractivity contribution is -0.133. The van der Waals surface area contributed by atoms with Crippen molar-refractivity contribution < 1.29 is 4.79 Å². The van der Waals surface area contributed by atoms with Crippen molar-refractivity contribution in [2.75, 3.05) is 13.1 Å². The van der Waals surface area contributed by atoms with E-state index in [1.165, 1.54) is 5.56 Å². The number of benzene rings is 1. The summed E-state index contributed by atoms with van der Waals surface area (Å²) < 4.78 is 1.73. The highest BCUT2D eigenvalue weighted by molar-refractivity contribution is 5.80. The number of rotatable bonds is 4. The summed E-state index contributed by atoms with van der Waals surface area (Å²) in [5.41, 5.74) is 1.36. The minimum Gasteiger partial charge on any atom is -0.341 e. The van der Waals surface area contributed by atoms with Crippen LogP contribution in [0.15, 0.2) is 48.8 Å². The Hall–Kier alpha value is -2.10. The zero-order valence-corrected chi connectivity index (χ0v) is 12.4. The molecular formula is C17H21N3O. The molecule has 0 bridgehead atoms. The number of hydrogen-bond donors (Lipinski definition) is 0. The summed E-state index contributed by atoms with van der Waals surface area (Å²) in [5, 5.41) is 4.16. The van der Waals surface area contributed by atoms with Gasteiger partial charge in [0.2, 0.25) is 5.91 Å². The average molecular weight is 283 g/mol. The number of aromatic nitrogens is 2. The topological polar surface area (TPSA) is 38.1 Å². The molecule has 0 aliphatic carbocycles. The SMILES string of the molecule is C[C@@H](C(=O)N1CC[C@@H](Cc2ccccc2)C1)n1cccn1. The predicted octanol–water partition coefficient (Wildman–Crippen LogP) is 2.54. The summed E-state index contributed by atoms with van der Waals surface area (Å²) in [7, 11) is 0. The second-order valence-corrected chi connectivity index (χ2v) is 5.79. The minimum atomic E-state index is -0.213. The fourth-order valence-electron chi connectivity index (χ4n) is 3.03. The summed E-state index contributed by atoms with van der Waals surface area (Å²) in [5.74, 6) is 0.746. The number of carbonyl (C=O) groups is 1. The Kier molecular flexibility index (Phi) is 4.04. The average Bonchev–Trinajstić information content (AvgIpc) is 3.18. The van der Waals surface area contributed by atoms with Crippen LogP contribution in [0.2, 0.25) is 0 Å².